The van der Waals surface area contributed by atoms with Gasteiger partial charge in [0.25, 0.3) is 0 Å². The second kappa shape index (κ2) is 7.83. The van der Waals surface area contributed by atoms with Crippen molar-refractivity contribution in [3.8, 4) is 0 Å². The van der Waals surface area contributed by atoms with E-state index in [1.807, 2.05) is 0 Å². The average molecular weight is 359 g/mol. The van der Waals surface area contributed by atoms with Gasteiger partial charge in [-0.2, -0.15) is 13.2 Å². The van der Waals surface area contributed by atoms with Crippen LogP contribution in [-0.2, 0) is 20.5 Å². The van der Waals surface area contributed by atoms with Crippen molar-refractivity contribution < 1.29 is 27.5 Å². The van der Waals surface area contributed by atoms with Crippen LogP contribution in [0.2, 0.25) is 0 Å². The molecule has 1 aliphatic heterocycles. The largest absolute Gasteiger partial charge is 0.416 e. The van der Waals surface area contributed by atoms with Gasteiger partial charge in [-0.15, -0.1) is 0 Å². The van der Waals surface area contributed by atoms with Gasteiger partial charge in [-0.05, 0) is 31.5 Å². The summed E-state index contributed by atoms with van der Waals surface area (Å²) in [6.07, 6.45) is -5.20. The number of halogens is 3. The molecule has 2 amide bonds. The van der Waals surface area contributed by atoms with Crippen molar-refractivity contribution >= 4 is 11.8 Å². The Kier molecular flexibility index (Phi) is 6.02. The van der Waals surface area contributed by atoms with Crippen molar-refractivity contribution in [3.63, 3.8) is 0 Å². The molecule has 3 N–H and O–H groups in total. The number of amides is 2. The Morgan fingerprint density at radius 2 is 2.00 bits per heavy atom. The van der Waals surface area contributed by atoms with E-state index < -0.39 is 36.1 Å². The van der Waals surface area contributed by atoms with E-state index in [1.165, 1.54) is 12.1 Å². The van der Waals surface area contributed by atoms with Crippen LogP contribution in [0.5, 0.6) is 0 Å². The van der Waals surface area contributed by atoms with E-state index in [1.54, 1.807) is 13.8 Å². The molecule has 2 rings (SSSR count). The van der Waals surface area contributed by atoms with Gasteiger partial charge in [0.1, 0.15) is 0 Å². The van der Waals surface area contributed by atoms with E-state index in [9.17, 15) is 22.8 Å². The molecule has 0 aliphatic carbocycles. The number of alkyl halides is 3. The highest BCUT2D eigenvalue weighted by Gasteiger charge is 2.32. The van der Waals surface area contributed by atoms with Crippen molar-refractivity contribution in [1.29, 1.82) is 0 Å². The van der Waals surface area contributed by atoms with Crippen LogP contribution in [-0.4, -0.2) is 30.8 Å². The first-order chi connectivity index (χ1) is 11.7. The van der Waals surface area contributed by atoms with Crippen molar-refractivity contribution in [2.75, 3.05) is 6.61 Å². The van der Waals surface area contributed by atoms with Crippen LogP contribution >= 0.6 is 0 Å². The third kappa shape index (κ3) is 5.17. The van der Waals surface area contributed by atoms with Crippen molar-refractivity contribution in [3.05, 3.63) is 35.4 Å². The molecule has 6 nitrogen and oxygen atoms in total. The lowest BCUT2D eigenvalue weighted by Gasteiger charge is -2.31. The number of carbonyl (C=O) groups excluding carboxylic acids is 2. The SMILES string of the molecule is CCOC1NC(=O)CC(C(=O)N[C@H](C)c2ccc(C(F)(F)F)cc2)N1. The molecular weight excluding hydrogens is 339 g/mol. The van der Waals surface area contributed by atoms with Crippen LogP contribution in [0.15, 0.2) is 24.3 Å². The van der Waals surface area contributed by atoms with Crippen LogP contribution in [0.4, 0.5) is 13.2 Å². The fourth-order valence-corrected chi connectivity index (χ4v) is 2.46. The first-order valence-electron chi connectivity index (χ1n) is 7.85. The van der Waals surface area contributed by atoms with E-state index in [0.29, 0.717) is 12.2 Å². The zero-order valence-electron chi connectivity index (χ0n) is 13.8. The van der Waals surface area contributed by atoms with Gasteiger partial charge in [0.2, 0.25) is 11.8 Å². The predicted molar refractivity (Wildman–Crippen MR) is 83.1 cm³/mol. The van der Waals surface area contributed by atoms with Gasteiger partial charge >= 0.3 is 6.18 Å². The molecule has 3 atom stereocenters. The second-order valence-corrected chi connectivity index (χ2v) is 5.68. The fraction of sp³-hybridized carbons (Fsp3) is 0.500. The Hall–Kier alpha value is -2.13. The van der Waals surface area contributed by atoms with Crippen LogP contribution in [0.1, 0.15) is 37.4 Å². The summed E-state index contributed by atoms with van der Waals surface area (Å²) in [5, 5.41) is 8.09. The first-order valence-corrected chi connectivity index (χ1v) is 7.85. The minimum Gasteiger partial charge on any atom is -0.348 e. The number of hydrogen-bond acceptors (Lipinski definition) is 4. The molecule has 0 bridgehead atoms. The Balaban J connectivity index is 1.98. The number of rotatable bonds is 5. The first kappa shape index (κ1) is 19.2. The van der Waals surface area contributed by atoms with E-state index in [0.717, 1.165) is 12.1 Å². The molecule has 0 radical (unpaired) electrons. The fourth-order valence-electron chi connectivity index (χ4n) is 2.46. The lowest BCUT2D eigenvalue weighted by atomic mass is 10.0. The predicted octanol–water partition coefficient (Wildman–Crippen LogP) is 1.68. The van der Waals surface area contributed by atoms with Crippen LogP contribution in [0, 0.1) is 0 Å². The molecule has 0 aromatic heterocycles. The maximum Gasteiger partial charge on any atom is 0.416 e. The highest BCUT2D eigenvalue weighted by molar-refractivity contribution is 5.89. The number of carbonyl (C=O) groups is 2. The summed E-state index contributed by atoms with van der Waals surface area (Å²) in [6.45, 7) is 3.77. The number of benzene rings is 1. The zero-order valence-corrected chi connectivity index (χ0v) is 13.8. The van der Waals surface area contributed by atoms with Crippen LogP contribution in [0.3, 0.4) is 0 Å². The highest BCUT2D eigenvalue weighted by Crippen LogP contribution is 2.29. The van der Waals surface area contributed by atoms with E-state index in [2.05, 4.69) is 16.0 Å². The lowest BCUT2D eigenvalue weighted by Crippen LogP contribution is -2.61. The van der Waals surface area contributed by atoms with Gasteiger partial charge in [-0.3, -0.25) is 14.9 Å². The summed E-state index contributed by atoms with van der Waals surface area (Å²) in [6, 6.07) is 3.29. The van der Waals surface area contributed by atoms with Crippen LogP contribution in [0.25, 0.3) is 0 Å². The van der Waals surface area contributed by atoms with Gasteiger partial charge in [0, 0.05) is 6.61 Å². The molecule has 138 valence electrons. The van der Waals surface area contributed by atoms with Crippen molar-refractivity contribution in [2.24, 2.45) is 0 Å². The molecule has 1 heterocycles. The van der Waals surface area contributed by atoms with Gasteiger partial charge in [0.05, 0.1) is 24.1 Å². The summed E-state index contributed by atoms with van der Waals surface area (Å²) in [7, 11) is 0. The summed E-state index contributed by atoms with van der Waals surface area (Å²) in [4.78, 5) is 23.9. The number of ether oxygens (including phenoxy) is 1. The molecule has 0 spiro atoms. The van der Waals surface area contributed by atoms with Gasteiger partial charge in [0.15, 0.2) is 6.35 Å². The Bertz CT molecular complexity index is 619. The average Bonchev–Trinajstić information content (AvgIpc) is 2.54. The van der Waals surface area contributed by atoms with E-state index in [-0.39, 0.29) is 12.3 Å². The minimum absolute atomic E-state index is 0.0465. The highest BCUT2D eigenvalue weighted by atomic mass is 19.4. The molecule has 1 aliphatic rings. The second-order valence-electron chi connectivity index (χ2n) is 5.68. The Morgan fingerprint density at radius 1 is 1.36 bits per heavy atom. The van der Waals surface area contributed by atoms with Gasteiger partial charge < -0.3 is 15.4 Å². The smallest absolute Gasteiger partial charge is 0.348 e. The normalized spacial score (nSPS) is 22.2. The molecule has 0 saturated carbocycles. The van der Waals surface area contributed by atoms with Crippen LogP contribution < -0.4 is 16.0 Å². The zero-order chi connectivity index (χ0) is 18.6. The summed E-state index contributed by atoms with van der Waals surface area (Å²) < 4.78 is 43.0. The van der Waals surface area contributed by atoms with Gasteiger partial charge in [-0.1, -0.05) is 12.1 Å². The molecule has 1 aromatic rings. The molecular formula is C16H20F3N3O3. The monoisotopic (exact) mass is 359 g/mol. The molecule has 1 aromatic carbocycles. The molecule has 9 heteroatoms. The summed E-state index contributed by atoms with van der Waals surface area (Å²) in [5.41, 5.74) is -0.220. The van der Waals surface area contributed by atoms with E-state index in [4.69, 9.17) is 4.74 Å². The minimum atomic E-state index is -4.40. The molecule has 1 fully saturated rings. The van der Waals surface area contributed by atoms with E-state index >= 15 is 0 Å². The maximum absolute atomic E-state index is 12.6. The number of hydrogen-bond donors (Lipinski definition) is 3. The number of nitrogens with one attached hydrogen (secondary N) is 3. The lowest BCUT2D eigenvalue weighted by molar-refractivity contribution is -0.138. The molecule has 1 saturated heterocycles. The quantitative estimate of drug-likeness (QED) is 0.747. The third-order valence-corrected chi connectivity index (χ3v) is 3.78. The maximum atomic E-state index is 12.6. The molecule has 2 unspecified atom stereocenters. The summed E-state index contributed by atoms with van der Waals surface area (Å²) in [5.74, 6) is -0.744. The van der Waals surface area contributed by atoms with Gasteiger partial charge in [-0.25, -0.2) is 0 Å². The standard InChI is InChI=1S/C16H20F3N3O3/c1-3-25-15-21-12(8-13(23)22-15)14(24)20-9(2)10-4-6-11(7-5-10)16(17,18)19/h4-7,9,12,15,21H,3,8H2,1-2H3,(H,20,24)(H,22,23)/t9-,12?,15?/m1/s1. The Labute approximate surface area is 143 Å². The summed E-state index contributed by atoms with van der Waals surface area (Å²) >= 11 is 0. The topological polar surface area (TPSA) is 79.5 Å². The molecule has 25 heavy (non-hydrogen) atoms. The Morgan fingerprint density at radius 3 is 2.56 bits per heavy atom. The van der Waals surface area contributed by atoms with Crippen molar-refractivity contribution in [1.82, 2.24) is 16.0 Å². The third-order valence-electron chi connectivity index (χ3n) is 3.78. The van der Waals surface area contributed by atoms with Crippen molar-refractivity contribution in [2.45, 2.75) is 44.9 Å².